The zero-order valence-corrected chi connectivity index (χ0v) is 11.1. The fraction of sp³-hybridized carbons (Fsp3) is 0.533. The molecule has 0 spiro atoms. The van der Waals surface area contributed by atoms with Crippen LogP contribution in [0.3, 0.4) is 0 Å². The van der Waals surface area contributed by atoms with E-state index in [9.17, 15) is 9.90 Å². The van der Waals surface area contributed by atoms with Crippen LogP contribution in [0.15, 0.2) is 24.3 Å². The maximum Gasteiger partial charge on any atom is 0.237 e. The van der Waals surface area contributed by atoms with Crippen LogP contribution in [-0.2, 0) is 11.2 Å². The monoisotopic (exact) mass is 262 g/mol. The van der Waals surface area contributed by atoms with Gasteiger partial charge < -0.3 is 16.2 Å². The number of rotatable bonds is 4. The van der Waals surface area contributed by atoms with Crippen molar-refractivity contribution >= 4 is 5.91 Å². The number of phenols is 1. The van der Waals surface area contributed by atoms with E-state index in [-0.39, 0.29) is 11.7 Å². The highest BCUT2D eigenvalue weighted by molar-refractivity contribution is 5.82. The van der Waals surface area contributed by atoms with E-state index in [0.29, 0.717) is 12.5 Å². The van der Waals surface area contributed by atoms with Crippen LogP contribution in [0.2, 0.25) is 0 Å². The molecule has 4 heteroatoms. The number of nitrogens with two attached hydrogens (primary N) is 1. The number of benzene rings is 1. The molecule has 0 saturated heterocycles. The molecule has 0 unspecified atom stereocenters. The highest BCUT2D eigenvalue weighted by atomic mass is 16.3. The number of nitrogens with one attached hydrogen (secondary N) is 1. The predicted octanol–water partition coefficient (Wildman–Crippen LogP) is 1.71. The average molecular weight is 262 g/mol. The highest BCUT2D eigenvalue weighted by Gasteiger charge is 2.20. The summed E-state index contributed by atoms with van der Waals surface area (Å²) in [5, 5.41) is 12.2. The second-order valence-corrected chi connectivity index (χ2v) is 5.32. The van der Waals surface area contributed by atoms with Gasteiger partial charge in [0, 0.05) is 6.04 Å². The van der Waals surface area contributed by atoms with Crippen molar-refractivity contribution in [2.24, 2.45) is 5.73 Å². The highest BCUT2D eigenvalue weighted by Crippen LogP contribution is 2.17. The van der Waals surface area contributed by atoms with Crippen molar-refractivity contribution in [3.05, 3.63) is 29.8 Å². The van der Waals surface area contributed by atoms with Gasteiger partial charge in [-0.2, -0.15) is 0 Å². The van der Waals surface area contributed by atoms with E-state index < -0.39 is 6.04 Å². The quantitative estimate of drug-likeness (QED) is 0.773. The summed E-state index contributed by atoms with van der Waals surface area (Å²) in [6.45, 7) is 0. The van der Waals surface area contributed by atoms with Crippen LogP contribution in [-0.4, -0.2) is 23.1 Å². The van der Waals surface area contributed by atoms with Crippen LogP contribution in [0.5, 0.6) is 5.75 Å². The molecule has 0 bridgehead atoms. The summed E-state index contributed by atoms with van der Waals surface area (Å²) in [5.41, 5.74) is 6.89. The molecule has 1 amide bonds. The van der Waals surface area contributed by atoms with E-state index >= 15 is 0 Å². The third kappa shape index (κ3) is 4.24. The molecule has 0 radical (unpaired) electrons. The first kappa shape index (κ1) is 13.9. The summed E-state index contributed by atoms with van der Waals surface area (Å²) in [4.78, 5) is 12.0. The molecule has 1 saturated carbocycles. The zero-order chi connectivity index (χ0) is 13.7. The standard InChI is InChI=1S/C15H22N2O2/c16-14(10-11-6-8-13(18)9-7-11)15(19)17-12-4-2-1-3-5-12/h6-9,12,14,18H,1-5,10,16H2,(H,17,19)/t14-/m1/s1. The summed E-state index contributed by atoms with van der Waals surface area (Å²) >= 11 is 0. The smallest absolute Gasteiger partial charge is 0.237 e. The van der Waals surface area contributed by atoms with Gasteiger partial charge in [0.1, 0.15) is 5.75 Å². The minimum Gasteiger partial charge on any atom is -0.508 e. The van der Waals surface area contributed by atoms with Crippen molar-refractivity contribution < 1.29 is 9.90 Å². The Morgan fingerprint density at radius 2 is 1.89 bits per heavy atom. The molecule has 1 atom stereocenters. The summed E-state index contributed by atoms with van der Waals surface area (Å²) in [6, 6.07) is 6.59. The van der Waals surface area contributed by atoms with Crippen LogP contribution in [0, 0.1) is 0 Å². The Bertz CT molecular complexity index is 411. The van der Waals surface area contributed by atoms with E-state index in [1.54, 1.807) is 24.3 Å². The van der Waals surface area contributed by atoms with Crippen molar-refractivity contribution in [1.29, 1.82) is 0 Å². The third-order valence-corrected chi connectivity index (χ3v) is 3.68. The molecule has 1 aliphatic carbocycles. The lowest BCUT2D eigenvalue weighted by molar-refractivity contribution is -0.123. The van der Waals surface area contributed by atoms with E-state index in [0.717, 1.165) is 18.4 Å². The largest absolute Gasteiger partial charge is 0.508 e. The minimum atomic E-state index is -0.522. The van der Waals surface area contributed by atoms with Gasteiger partial charge in [0.15, 0.2) is 0 Å². The lowest BCUT2D eigenvalue weighted by atomic mass is 9.95. The van der Waals surface area contributed by atoms with Gasteiger partial charge in [-0.1, -0.05) is 31.4 Å². The summed E-state index contributed by atoms with van der Waals surface area (Å²) in [7, 11) is 0. The van der Waals surface area contributed by atoms with Crippen molar-refractivity contribution in [3.8, 4) is 5.75 Å². The molecule has 19 heavy (non-hydrogen) atoms. The van der Waals surface area contributed by atoms with Gasteiger partial charge >= 0.3 is 0 Å². The molecule has 4 N–H and O–H groups in total. The SMILES string of the molecule is N[C@H](Cc1ccc(O)cc1)C(=O)NC1CCCCC1. The minimum absolute atomic E-state index is 0.0695. The van der Waals surface area contributed by atoms with Crippen molar-refractivity contribution in [1.82, 2.24) is 5.32 Å². The molecule has 1 aromatic rings. The van der Waals surface area contributed by atoms with Crippen LogP contribution in [0.1, 0.15) is 37.7 Å². The van der Waals surface area contributed by atoms with Gasteiger partial charge in [-0.05, 0) is 37.0 Å². The fourth-order valence-electron chi connectivity index (χ4n) is 2.53. The first-order chi connectivity index (χ1) is 9.15. The Balaban J connectivity index is 1.83. The van der Waals surface area contributed by atoms with Crippen molar-refractivity contribution in [3.63, 3.8) is 0 Å². The third-order valence-electron chi connectivity index (χ3n) is 3.68. The Hall–Kier alpha value is -1.55. The molecule has 1 aliphatic rings. The molecule has 2 rings (SSSR count). The van der Waals surface area contributed by atoms with E-state index in [2.05, 4.69) is 5.32 Å². The maximum atomic E-state index is 12.0. The van der Waals surface area contributed by atoms with Crippen molar-refractivity contribution in [2.75, 3.05) is 0 Å². The number of hydrogen-bond acceptors (Lipinski definition) is 3. The molecule has 0 aromatic heterocycles. The summed E-state index contributed by atoms with van der Waals surface area (Å²) < 4.78 is 0. The Kier molecular flexibility index (Phi) is 4.80. The number of carbonyl (C=O) groups is 1. The molecule has 4 nitrogen and oxygen atoms in total. The van der Waals surface area contributed by atoms with Gasteiger partial charge in [-0.15, -0.1) is 0 Å². The van der Waals surface area contributed by atoms with E-state index in [4.69, 9.17) is 5.73 Å². The molecule has 104 valence electrons. The molecular formula is C15H22N2O2. The summed E-state index contributed by atoms with van der Waals surface area (Å²) in [6.07, 6.45) is 6.29. The molecular weight excluding hydrogens is 240 g/mol. The van der Waals surface area contributed by atoms with Crippen LogP contribution >= 0.6 is 0 Å². The lowest BCUT2D eigenvalue weighted by Gasteiger charge is -2.24. The van der Waals surface area contributed by atoms with Gasteiger partial charge in [-0.25, -0.2) is 0 Å². The maximum absolute atomic E-state index is 12.0. The average Bonchev–Trinajstić information content (AvgIpc) is 2.42. The van der Waals surface area contributed by atoms with Gasteiger partial charge in [0.25, 0.3) is 0 Å². The molecule has 0 aliphatic heterocycles. The number of aromatic hydroxyl groups is 1. The Labute approximate surface area is 114 Å². The van der Waals surface area contributed by atoms with E-state index in [1.807, 2.05) is 0 Å². The fourth-order valence-corrected chi connectivity index (χ4v) is 2.53. The topological polar surface area (TPSA) is 75.3 Å². The number of hydrogen-bond donors (Lipinski definition) is 3. The second kappa shape index (κ2) is 6.57. The Morgan fingerprint density at radius 3 is 2.53 bits per heavy atom. The van der Waals surface area contributed by atoms with Crippen LogP contribution in [0.4, 0.5) is 0 Å². The van der Waals surface area contributed by atoms with Crippen LogP contribution < -0.4 is 11.1 Å². The van der Waals surface area contributed by atoms with Gasteiger partial charge in [-0.3, -0.25) is 4.79 Å². The molecule has 1 fully saturated rings. The van der Waals surface area contributed by atoms with Crippen molar-refractivity contribution in [2.45, 2.75) is 50.6 Å². The van der Waals surface area contributed by atoms with Crippen LogP contribution in [0.25, 0.3) is 0 Å². The normalized spacial score (nSPS) is 17.9. The first-order valence-corrected chi connectivity index (χ1v) is 6.99. The summed E-state index contributed by atoms with van der Waals surface area (Å²) in [5.74, 6) is 0.156. The van der Waals surface area contributed by atoms with Gasteiger partial charge in [0.2, 0.25) is 5.91 Å². The second-order valence-electron chi connectivity index (χ2n) is 5.32. The number of amides is 1. The Morgan fingerprint density at radius 1 is 1.26 bits per heavy atom. The molecule has 1 aromatic carbocycles. The van der Waals surface area contributed by atoms with E-state index in [1.165, 1.54) is 19.3 Å². The van der Waals surface area contributed by atoms with Gasteiger partial charge in [0.05, 0.1) is 6.04 Å². The molecule has 0 heterocycles. The lowest BCUT2D eigenvalue weighted by Crippen LogP contribution is -2.46. The number of phenolic OH excluding ortho intramolecular Hbond substituents is 1. The first-order valence-electron chi connectivity index (χ1n) is 6.99. The zero-order valence-electron chi connectivity index (χ0n) is 11.1. The predicted molar refractivity (Wildman–Crippen MR) is 74.8 cm³/mol. The number of carbonyl (C=O) groups excluding carboxylic acids is 1.